The number of sulfonamides is 1. The largest absolute Gasteiger partial charge is 0.326 e. The molecule has 0 unspecified atom stereocenters. The molecule has 2 rings (SSSR count). The Labute approximate surface area is 119 Å². The summed E-state index contributed by atoms with van der Waals surface area (Å²) >= 11 is 1.28. The van der Waals surface area contributed by atoms with Gasteiger partial charge in [-0.15, -0.1) is 11.3 Å². The number of nitrogens with zero attached hydrogens (tertiary/aromatic N) is 2. The zero-order valence-electron chi connectivity index (χ0n) is 11.2. The van der Waals surface area contributed by atoms with Crippen molar-refractivity contribution in [3.8, 4) is 0 Å². The van der Waals surface area contributed by atoms with Crippen LogP contribution in [0.4, 0.5) is 0 Å². The van der Waals surface area contributed by atoms with Gasteiger partial charge in [0.05, 0.1) is 0 Å². The summed E-state index contributed by atoms with van der Waals surface area (Å²) in [5.74, 6) is 0. The monoisotopic (exact) mass is 303 g/mol. The second-order valence-electron chi connectivity index (χ2n) is 4.67. The van der Waals surface area contributed by atoms with Gasteiger partial charge in [-0.05, 0) is 25.1 Å². The Hall–Kier alpha value is -0.470. The Bertz CT molecular complexity index is 505. The van der Waals surface area contributed by atoms with Gasteiger partial charge in [0, 0.05) is 37.6 Å². The van der Waals surface area contributed by atoms with Crippen molar-refractivity contribution in [2.45, 2.75) is 24.1 Å². The van der Waals surface area contributed by atoms with Gasteiger partial charge < -0.3 is 10.6 Å². The molecule has 1 aromatic rings. The molecule has 1 fully saturated rings. The van der Waals surface area contributed by atoms with Crippen LogP contribution in [0, 0.1) is 0 Å². The first kappa shape index (κ1) is 14.9. The Morgan fingerprint density at radius 3 is 2.47 bits per heavy atom. The molecule has 2 heterocycles. The highest BCUT2D eigenvalue weighted by Crippen LogP contribution is 2.25. The van der Waals surface area contributed by atoms with E-state index in [0.29, 0.717) is 23.8 Å². The van der Waals surface area contributed by atoms with Gasteiger partial charge in [0.25, 0.3) is 10.0 Å². The summed E-state index contributed by atoms with van der Waals surface area (Å²) in [5, 5.41) is 0. The standard InChI is InChI=1S/C12H21N3O2S2/c1-2-5-14-6-8-15(9-7-14)19(16,17)12-4-3-11(10-13)18-12/h3-4H,2,5-10,13H2,1H3. The van der Waals surface area contributed by atoms with Gasteiger partial charge in [-0.25, -0.2) is 8.42 Å². The molecule has 7 heteroatoms. The van der Waals surface area contributed by atoms with Crippen LogP contribution < -0.4 is 5.73 Å². The highest BCUT2D eigenvalue weighted by atomic mass is 32.2. The van der Waals surface area contributed by atoms with Crippen LogP contribution in [0.3, 0.4) is 0 Å². The second-order valence-corrected chi connectivity index (χ2v) is 8.00. The molecular weight excluding hydrogens is 282 g/mol. The van der Waals surface area contributed by atoms with Crippen molar-refractivity contribution < 1.29 is 8.42 Å². The molecule has 5 nitrogen and oxygen atoms in total. The van der Waals surface area contributed by atoms with Crippen LogP contribution in [0.1, 0.15) is 18.2 Å². The summed E-state index contributed by atoms with van der Waals surface area (Å²) in [4.78, 5) is 3.22. The third kappa shape index (κ3) is 3.35. The minimum atomic E-state index is -3.32. The lowest BCUT2D eigenvalue weighted by atomic mass is 10.3. The van der Waals surface area contributed by atoms with E-state index >= 15 is 0 Å². The first-order valence-electron chi connectivity index (χ1n) is 6.59. The highest BCUT2D eigenvalue weighted by Gasteiger charge is 2.29. The molecule has 0 saturated carbocycles. The van der Waals surface area contributed by atoms with E-state index in [0.717, 1.165) is 30.9 Å². The summed E-state index contributed by atoms with van der Waals surface area (Å²) in [7, 11) is -3.32. The Kier molecular flexibility index (Phi) is 4.97. The van der Waals surface area contributed by atoms with Crippen molar-refractivity contribution in [3.63, 3.8) is 0 Å². The number of hydrogen-bond donors (Lipinski definition) is 1. The number of thiophene rings is 1. The van der Waals surface area contributed by atoms with Crippen molar-refractivity contribution in [1.29, 1.82) is 0 Å². The molecule has 0 radical (unpaired) electrons. The van der Waals surface area contributed by atoms with Crippen molar-refractivity contribution in [2.75, 3.05) is 32.7 Å². The zero-order chi connectivity index (χ0) is 13.9. The molecule has 0 aromatic carbocycles. The first-order valence-corrected chi connectivity index (χ1v) is 8.85. The van der Waals surface area contributed by atoms with E-state index in [-0.39, 0.29) is 0 Å². The van der Waals surface area contributed by atoms with Crippen LogP contribution in [-0.2, 0) is 16.6 Å². The minimum absolute atomic E-state index is 0.393. The predicted molar refractivity (Wildman–Crippen MR) is 77.7 cm³/mol. The van der Waals surface area contributed by atoms with Crippen molar-refractivity contribution in [2.24, 2.45) is 5.73 Å². The summed E-state index contributed by atoms with van der Waals surface area (Å²) < 4.78 is 26.9. The van der Waals surface area contributed by atoms with Gasteiger partial charge >= 0.3 is 0 Å². The molecule has 1 aromatic heterocycles. The summed E-state index contributed by atoms with van der Waals surface area (Å²) in [6.45, 7) is 6.39. The predicted octanol–water partition coefficient (Wildman–Crippen LogP) is 0.923. The lowest BCUT2D eigenvalue weighted by molar-refractivity contribution is 0.189. The summed E-state index contributed by atoms with van der Waals surface area (Å²) in [6, 6.07) is 3.46. The number of piperazine rings is 1. The average Bonchev–Trinajstić information content (AvgIpc) is 2.89. The van der Waals surface area contributed by atoms with Crippen molar-refractivity contribution >= 4 is 21.4 Å². The molecule has 0 atom stereocenters. The van der Waals surface area contributed by atoms with E-state index in [9.17, 15) is 8.42 Å². The molecule has 19 heavy (non-hydrogen) atoms. The van der Waals surface area contributed by atoms with Crippen LogP contribution >= 0.6 is 11.3 Å². The maximum absolute atomic E-state index is 12.5. The maximum atomic E-state index is 12.5. The van der Waals surface area contributed by atoms with Gasteiger partial charge in [0.1, 0.15) is 4.21 Å². The van der Waals surface area contributed by atoms with Crippen LogP contribution in [-0.4, -0.2) is 50.3 Å². The van der Waals surface area contributed by atoms with Crippen LogP contribution in [0.25, 0.3) is 0 Å². The smallest absolute Gasteiger partial charge is 0.252 e. The van der Waals surface area contributed by atoms with E-state index in [2.05, 4.69) is 11.8 Å². The quantitative estimate of drug-likeness (QED) is 0.878. The van der Waals surface area contributed by atoms with Gasteiger partial charge in [-0.3, -0.25) is 0 Å². The fraction of sp³-hybridized carbons (Fsp3) is 0.667. The molecule has 2 N–H and O–H groups in total. The molecule has 108 valence electrons. The Morgan fingerprint density at radius 1 is 1.26 bits per heavy atom. The molecule has 0 amide bonds. The van der Waals surface area contributed by atoms with E-state index in [1.165, 1.54) is 11.3 Å². The fourth-order valence-corrected chi connectivity index (χ4v) is 5.05. The zero-order valence-corrected chi connectivity index (χ0v) is 12.8. The molecule has 1 aliphatic rings. The van der Waals surface area contributed by atoms with E-state index in [4.69, 9.17) is 5.73 Å². The molecular formula is C12H21N3O2S2. The van der Waals surface area contributed by atoms with Crippen LogP contribution in [0.15, 0.2) is 16.3 Å². The van der Waals surface area contributed by atoms with Gasteiger partial charge in [0.15, 0.2) is 0 Å². The second kappa shape index (κ2) is 6.32. The van der Waals surface area contributed by atoms with Gasteiger partial charge in [0.2, 0.25) is 0 Å². The van der Waals surface area contributed by atoms with Crippen molar-refractivity contribution in [1.82, 2.24) is 9.21 Å². The number of nitrogens with two attached hydrogens (primary N) is 1. The summed E-state index contributed by atoms with van der Waals surface area (Å²) in [5.41, 5.74) is 5.53. The average molecular weight is 303 g/mol. The maximum Gasteiger partial charge on any atom is 0.252 e. The van der Waals surface area contributed by atoms with Gasteiger partial charge in [-0.2, -0.15) is 4.31 Å². The first-order chi connectivity index (χ1) is 9.07. The van der Waals surface area contributed by atoms with Crippen molar-refractivity contribution in [3.05, 3.63) is 17.0 Å². The fourth-order valence-electron chi connectivity index (χ4n) is 2.24. The van der Waals surface area contributed by atoms with Crippen LogP contribution in [0.5, 0.6) is 0 Å². The third-order valence-corrected chi connectivity index (χ3v) is 6.78. The third-order valence-electron chi connectivity index (χ3n) is 3.30. The normalized spacial score (nSPS) is 18.8. The molecule has 0 spiro atoms. The highest BCUT2D eigenvalue weighted by molar-refractivity contribution is 7.91. The number of rotatable bonds is 5. The molecule has 1 aliphatic heterocycles. The minimum Gasteiger partial charge on any atom is -0.326 e. The summed E-state index contributed by atoms with van der Waals surface area (Å²) in [6.07, 6.45) is 1.11. The van der Waals surface area contributed by atoms with E-state index in [1.807, 2.05) is 0 Å². The SMILES string of the molecule is CCCN1CCN(S(=O)(=O)c2ccc(CN)s2)CC1. The topological polar surface area (TPSA) is 66.6 Å². The lowest BCUT2D eigenvalue weighted by Gasteiger charge is -2.33. The molecule has 0 bridgehead atoms. The Morgan fingerprint density at radius 2 is 1.95 bits per heavy atom. The Balaban J connectivity index is 2.05. The lowest BCUT2D eigenvalue weighted by Crippen LogP contribution is -2.48. The van der Waals surface area contributed by atoms with Gasteiger partial charge in [-0.1, -0.05) is 6.92 Å². The number of hydrogen-bond acceptors (Lipinski definition) is 5. The molecule has 1 saturated heterocycles. The van der Waals surface area contributed by atoms with E-state index in [1.54, 1.807) is 16.4 Å². The van der Waals surface area contributed by atoms with Crippen LogP contribution in [0.2, 0.25) is 0 Å². The molecule has 0 aliphatic carbocycles. The van der Waals surface area contributed by atoms with E-state index < -0.39 is 10.0 Å².